The number of nitrogens with zero attached hydrogens (tertiary/aromatic N) is 2. The second-order valence-electron chi connectivity index (χ2n) is 6.39. The molecule has 3 amide bonds. The Kier molecular flexibility index (Phi) is 7.64. The predicted molar refractivity (Wildman–Crippen MR) is 119 cm³/mol. The summed E-state index contributed by atoms with van der Waals surface area (Å²) < 4.78 is 42.1. The van der Waals surface area contributed by atoms with Crippen LogP contribution in [-0.2, 0) is 0 Å². The van der Waals surface area contributed by atoms with E-state index < -0.39 is 29.0 Å². The Morgan fingerprint density at radius 2 is 1.62 bits per heavy atom. The minimum atomic E-state index is -4.92. The van der Waals surface area contributed by atoms with Gasteiger partial charge in [0, 0.05) is 18.0 Å². The molecular weight excluding hydrogens is 499 g/mol. The van der Waals surface area contributed by atoms with Gasteiger partial charge in [-0.3, -0.25) is 20.2 Å². The maximum absolute atomic E-state index is 13.0. The van der Waals surface area contributed by atoms with Crippen LogP contribution in [0.15, 0.2) is 77.7 Å². The minimum absolute atomic E-state index is 0.00193. The molecule has 0 aromatic heterocycles. The summed E-state index contributed by atoms with van der Waals surface area (Å²) in [5, 5.41) is 13.6. The van der Waals surface area contributed by atoms with Crippen molar-refractivity contribution in [3.05, 3.63) is 93.5 Å². The van der Waals surface area contributed by atoms with Crippen molar-refractivity contribution in [3.8, 4) is 5.75 Å². The molecule has 176 valence electrons. The van der Waals surface area contributed by atoms with Crippen molar-refractivity contribution in [2.24, 2.45) is 0 Å². The minimum Gasteiger partial charge on any atom is -0.406 e. The Balaban J connectivity index is 1.93. The summed E-state index contributed by atoms with van der Waals surface area (Å²) in [6.45, 7) is 0. The highest BCUT2D eigenvalue weighted by molar-refractivity contribution is 8.01. The molecule has 0 saturated carbocycles. The zero-order valence-electron chi connectivity index (χ0n) is 16.8. The number of imide groups is 1. The lowest BCUT2D eigenvalue weighted by Crippen LogP contribution is -2.39. The first-order chi connectivity index (χ1) is 16.0. The number of nitro benzene ring substituents is 1. The van der Waals surface area contributed by atoms with E-state index in [1.807, 2.05) is 0 Å². The first-order valence-electron chi connectivity index (χ1n) is 9.22. The van der Waals surface area contributed by atoms with Gasteiger partial charge in [-0.15, -0.1) is 13.2 Å². The summed E-state index contributed by atoms with van der Waals surface area (Å²) in [6, 6.07) is 14.6. The second-order valence-corrected chi connectivity index (χ2v) is 7.79. The summed E-state index contributed by atoms with van der Waals surface area (Å²) in [4.78, 5) is 36.3. The van der Waals surface area contributed by atoms with E-state index >= 15 is 0 Å². The molecule has 0 aliphatic rings. The first kappa shape index (κ1) is 24.9. The van der Waals surface area contributed by atoms with Crippen molar-refractivity contribution in [3.63, 3.8) is 0 Å². The Bertz CT molecular complexity index is 1220. The first-order valence-corrected chi connectivity index (χ1v) is 10.4. The number of ether oxygens (including phenoxy) is 1. The molecule has 3 aromatic carbocycles. The van der Waals surface area contributed by atoms with Crippen LogP contribution in [0.4, 0.5) is 29.3 Å². The maximum atomic E-state index is 13.0. The van der Waals surface area contributed by atoms with Crippen molar-refractivity contribution in [2.45, 2.75) is 11.3 Å². The van der Waals surface area contributed by atoms with E-state index in [4.69, 9.17) is 11.6 Å². The number of amides is 3. The largest absolute Gasteiger partial charge is 0.573 e. The molecule has 0 saturated heterocycles. The summed E-state index contributed by atoms with van der Waals surface area (Å²) in [6.07, 6.45) is -4.92. The number of hydrogen-bond donors (Lipinski definition) is 1. The number of benzene rings is 3. The number of nitrogens with one attached hydrogen (secondary N) is 1. The van der Waals surface area contributed by atoms with Crippen LogP contribution in [0, 0.1) is 10.1 Å². The number of halogens is 4. The van der Waals surface area contributed by atoms with Gasteiger partial charge in [0.15, 0.2) is 0 Å². The zero-order chi connectivity index (χ0) is 24.9. The van der Waals surface area contributed by atoms with Gasteiger partial charge in [0.2, 0.25) is 0 Å². The van der Waals surface area contributed by atoms with E-state index in [0.29, 0.717) is 11.9 Å². The second kappa shape index (κ2) is 10.4. The molecule has 3 rings (SSSR count). The van der Waals surface area contributed by atoms with Crippen molar-refractivity contribution < 1.29 is 32.4 Å². The number of anilines is 1. The van der Waals surface area contributed by atoms with Crippen molar-refractivity contribution in [2.75, 3.05) is 4.31 Å². The molecule has 0 unspecified atom stereocenters. The van der Waals surface area contributed by atoms with Gasteiger partial charge in [-0.1, -0.05) is 35.9 Å². The lowest BCUT2D eigenvalue weighted by molar-refractivity contribution is -0.387. The third-order valence-corrected chi connectivity index (χ3v) is 5.51. The van der Waals surface area contributed by atoms with Crippen LogP contribution >= 0.6 is 23.5 Å². The normalized spacial score (nSPS) is 10.9. The third-order valence-electron chi connectivity index (χ3n) is 4.08. The van der Waals surface area contributed by atoms with Crippen LogP contribution in [0.25, 0.3) is 0 Å². The summed E-state index contributed by atoms with van der Waals surface area (Å²) in [5.41, 5.74) is -0.302. The number of rotatable bonds is 6. The fourth-order valence-electron chi connectivity index (χ4n) is 2.64. The number of para-hydroxylation sites is 1. The molecule has 0 aliphatic heterocycles. The molecule has 0 bridgehead atoms. The molecule has 0 atom stereocenters. The van der Waals surface area contributed by atoms with Gasteiger partial charge in [-0.2, -0.15) is 0 Å². The molecule has 13 heteroatoms. The Morgan fingerprint density at radius 3 is 2.24 bits per heavy atom. The Labute approximate surface area is 199 Å². The fraction of sp³-hybridized carbons (Fsp3) is 0.0476. The highest BCUT2D eigenvalue weighted by Gasteiger charge is 2.31. The van der Waals surface area contributed by atoms with Gasteiger partial charge >= 0.3 is 12.4 Å². The quantitative estimate of drug-likeness (QED) is 0.240. The van der Waals surface area contributed by atoms with Crippen molar-refractivity contribution in [1.82, 2.24) is 5.32 Å². The number of urea groups is 1. The van der Waals surface area contributed by atoms with Gasteiger partial charge in [0.25, 0.3) is 11.6 Å². The standard InChI is InChI=1S/C21H13ClF3N3O5S/c22-16-6-2-1-5-15(16)19(29)26-20(30)27(34-18-8-4-3-7-17(18)28(31)32)13-9-11-14(12-10-13)33-21(23,24)25/h1-12H,(H,26,29,30). The lowest BCUT2D eigenvalue weighted by atomic mass is 10.2. The smallest absolute Gasteiger partial charge is 0.406 e. The highest BCUT2D eigenvalue weighted by atomic mass is 35.5. The fourth-order valence-corrected chi connectivity index (χ4v) is 3.79. The van der Waals surface area contributed by atoms with E-state index in [2.05, 4.69) is 10.1 Å². The lowest BCUT2D eigenvalue weighted by Gasteiger charge is -2.22. The van der Waals surface area contributed by atoms with Crippen molar-refractivity contribution >= 4 is 46.9 Å². The van der Waals surface area contributed by atoms with Gasteiger partial charge in [0.05, 0.1) is 21.2 Å². The van der Waals surface area contributed by atoms with Crippen LogP contribution in [0.3, 0.4) is 0 Å². The average molecular weight is 512 g/mol. The number of nitro groups is 1. The zero-order valence-corrected chi connectivity index (χ0v) is 18.4. The summed E-state index contributed by atoms with van der Waals surface area (Å²) in [5.74, 6) is -1.39. The number of hydrogen-bond acceptors (Lipinski definition) is 6. The molecule has 34 heavy (non-hydrogen) atoms. The van der Waals surface area contributed by atoms with Gasteiger partial charge in [-0.25, -0.2) is 9.10 Å². The van der Waals surface area contributed by atoms with Crippen LogP contribution in [-0.4, -0.2) is 23.2 Å². The van der Waals surface area contributed by atoms with Crippen LogP contribution in [0.1, 0.15) is 10.4 Å². The average Bonchev–Trinajstić information content (AvgIpc) is 2.77. The molecule has 8 nitrogen and oxygen atoms in total. The van der Waals surface area contributed by atoms with E-state index in [-0.39, 0.29) is 26.9 Å². The van der Waals surface area contributed by atoms with Crippen molar-refractivity contribution in [1.29, 1.82) is 0 Å². The SMILES string of the molecule is O=C(NC(=O)N(Sc1ccccc1[N+](=O)[O-])c1ccc(OC(F)(F)F)cc1)c1ccccc1Cl. The monoisotopic (exact) mass is 511 g/mol. The topological polar surface area (TPSA) is 102 Å². The molecule has 0 fully saturated rings. The summed E-state index contributed by atoms with van der Waals surface area (Å²) in [7, 11) is 0. The van der Waals surface area contributed by atoms with Gasteiger partial charge in [0.1, 0.15) is 10.6 Å². The molecule has 3 aromatic rings. The molecular formula is C21H13ClF3N3O5S. The van der Waals surface area contributed by atoms with Gasteiger partial charge in [-0.05, 0) is 42.5 Å². The third kappa shape index (κ3) is 6.39. The number of carbonyl (C=O) groups excluding carboxylic acids is 2. The van der Waals surface area contributed by atoms with Crippen LogP contribution in [0.2, 0.25) is 5.02 Å². The predicted octanol–water partition coefficient (Wildman–Crippen LogP) is 6.21. The molecule has 1 N–H and O–H groups in total. The van der Waals surface area contributed by atoms with Gasteiger partial charge < -0.3 is 4.74 Å². The van der Waals surface area contributed by atoms with E-state index in [0.717, 1.165) is 28.6 Å². The van der Waals surface area contributed by atoms with E-state index in [1.165, 1.54) is 42.5 Å². The molecule has 0 spiro atoms. The maximum Gasteiger partial charge on any atom is 0.573 e. The molecule has 0 aliphatic carbocycles. The molecule has 0 heterocycles. The Morgan fingerprint density at radius 1 is 1.00 bits per heavy atom. The van der Waals surface area contributed by atoms with E-state index in [9.17, 15) is 32.9 Å². The molecule has 0 radical (unpaired) electrons. The van der Waals surface area contributed by atoms with E-state index in [1.54, 1.807) is 6.07 Å². The highest BCUT2D eigenvalue weighted by Crippen LogP contribution is 2.36. The van der Waals surface area contributed by atoms with Crippen LogP contribution in [0.5, 0.6) is 5.75 Å². The number of carbonyl (C=O) groups is 2. The summed E-state index contributed by atoms with van der Waals surface area (Å²) >= 11 is 6.58. The van der Waals surface area contributed by atoms with Crippen LogP contribution < -0.4 is 14.4 Å². The number of alkyl halides is 3. The Hall–Kier alpha value is -3.77.